The zero-order valence-corrected chi connectivity index (χ0v) is 19.0. The van der Waals surface area contributed by atoms with Crippen LogP contribution in [0.3, 0.4) is 0 Å². The third-order valence-corrected chi connectivity index (χ3v) is 7.14. The first kappa shape index (κ1) is 23.8. The largest absolute Gasteiger partial charge is 0.427 e. The molecule has 33 heavy (non-hydrogen) atoms. The Morgan fingerprint density at radius 2 is 2.00 bits per heavy atom. The highest BCUT2D eigenvalue weighted by Gasteiger charge is 2.49. The number of sulfonamides is 1. The van der Waals surface area contributed by atoms with Crippen LogP contribution in [-0.4, -0.2) is 59.6 Å². The average molecular weight is 511 g/mol. The summed E-state index contributed by atoms with van der Waals surface area (Å²) < 4.78 is 94.7. The van der Waals surface area contributed by atoms with Crippen LogP contribution in [0.5, 0.6) is 0 Å². The number of anilines is 1. The maximum Gasteiger partial charge on any atom is 0.427 e. The smallest absolute Gasteiger partial charge is 0.355 e. The van der Waals surface area contributed by atoms with E-state index in [1.807, 2.05) is 0 Å². The van der Waals surface area contributed by atoms with Gasteiger partial charge in [-0.2, -0.15) is 13.2 Å². The van der Waals surface area contributed by atoms with Gasteiger partial charge in [-0.15, -0.1) is 0 Å². The molecule has 4 heterocycles. The summed E-state index contributed by atoms with van der Waals surface area (Å²) in [5.41, 5.74) is 0.226. The quantitative estimate of drug-likeness (QED) is 0.531. The van der Waals surface area contributed by atoms with Crippen LogP contribution in [0, 0.1) is 11.8 Å². The van der Waals surface area contributed by atoms with E-state index in [4.69, 9.17) is 0 Å². The first-order chi connectivity index (χ1) is 15.3. The average Bonchev–Trinajstić information content (AvgIpc) is 3.29. The molecule has 0 aromatic carbocycles. The molecular weight excluding hydrogens is 491 g/mol. The zero-order valence-electron chi connectivity index (χ0n) is 17.3. The summed E-state index contributed by atoms with van der Waals surface area (Å²) in [6.07, 6.45) is 0.0172. The van der Waals surface area contributed by atoms with Gasteiger partial charge in [0, 0.05) is 37.9 Å². The van der Waals surface area contributed by atoms with Crippen LogP contribution >= 0.6 is 11.3 Å². The molecule has 1 aliphatic rings. The molecule has 2 unspecified atom stereocenters. The molecule has 1 aliphatic heterocycles. The molecule has 1 saturated heterocycles. The third-order valence-electron chi connectivity index (χ3n) is 5.41. The number of hydrogen-bond acceptors (Lipinski definition) is 7. The SMILES string of the molecule is CC1CN(c2ccnc(-c3cnc4sc(C(F)(F)F)cn34)n2)CC(CNS(C)(=O)=O)C1(F)F. The minimum Gasteiger partial charge on any atom is -0.355 e. The molecule has 15 heteroatoms. The lowest BCUT2D eigenvalue weighted by atomic mass is 9.86. The molecule has 0 bridgehead atoms. The van der Waals surface area contributed by atoms with Gasteiger partial charge in [-0.1, -0.05) is 18.3 Å². The maximum atomic E-state index is 14.7. The molecule has 4 rings (SSSR count). The monoisotopic (exact) mass is 510 g/mol. The molecule has 2 atom stereocenters. The number of halogens is 5. The van der Waals surface area contributed by atoms with E-state index in [0.717, 1.165) is 12.5 Å². The summed E-state index contributed by atoms with van der Waals surface area (Å²) in [7, 11) is -3.66. The lowest BCUT2D eigenvalue weighted by Gasteiger charge is -2.43. The molecule has 8 nitrogen and oxygen atoms in total. The number of thiazole rings is 1. The van der Waals surface area contributed by atoms with Gasteiger partial charge in [0.1, 0.15) is 16.4 Å². The van der Waals surface area contributed by atoms with Crippen molar-refractivity contribution < 1.29 is 30.4 Å². The first-order valence-corrected chi connectivity index (χ1v) is 12.4. The van der Waals surface area contributed by atoms with Crippen LogP contribution in [0.1, 0.15) is 11.8 Å². The van der Waals surface area contributed by atoms with Crippen molar-refractivity contribution >= 4 is 32.1 Å². The lowest BCUT2D eigenvalue weighted by Crippen LogP contribution is -2.56. The Morgan fingerprint density at radius 3 is 2.67 bits per heavy atom. The normalized spacial score (nSPS) is 21.6. The molecule has 0 aliphatic carbocycles. The van der Waals surface area contributed by atoms with Gasteiger partial charge in [0.25, 0.3) is 5.92 Å². The molecular formula is C18H19F5N6O2S2. The highest BCUT2D eigenvalue weighted by molar-refractivity contribution is 7.88. The van der Waals surface area contributed by atoms with Gasteiger partial charge in [-0.3, -0.25) is 4.40 Å². The van der Waals surface area contributed by atoms with E-state index in [-0.39, 0.29) is 29.6 Å². The summed E-state index contributed by atoms with van der Waals surface area (Å²) in [5.74, 6) is -5.12. The van der Waals surface area contributed by atoms with Crippen LogP contribution in [0.25, 0.3) is 16.5 Å². The molecule has 1 N–H and O–H groups in total. The first-order valence-electron chi connectivity index (χ1n) is 9.70. The standard InChI is InChI=1S/C18H19F5N6O2S2/c1-10-7-28(8-11(17(10,19)20)5-26-33(2,30)31)14-3-4-24-15(27-14)12-6-25-16-29(12)9-13(32-16)18(21,22)23/h3-4,6,9-11,26H,5,7-8H2,1-2H3. The van der Waals surface area contributed by atoms with E-state index in [0.29, 0.717) is 17.2 Å². The summed E-state index contributed by atoms with van der Waals surface area (Å²) >= 11 is 0.481. The van der Waals surface area contributed by atoms with Crippen LogP contribution in [-0.2, 0) is 16.2 Å². The molecule has 180 valence electrons. The highest BCUT2D eigenvalue weighted by Crippen LogP contribution is 2.39. The van der Waals surface area contributed by atoms with Crippen molar-refractivity contribution in [1.82, 2.24) is 24.1 Å². The van der Waals surface area contributed by atoms with E-state index < -0.39 is 45.4 Å². The van der Waals surface area contributed by atoms with Crippen molar-refractivity contribution in [3.05, 3.63) is 29.5 Å². The van der Waals surface area contributed by atoms with Gasteiger partial charge in [-0.25, -0.2) is 36.9 Å². The number of nitrogens with one attached hydrogen (secondary N) is 1. The van der Waals surface area contributed by atoms with Crippen molar-refractivity contribution in [2.45, 2.75) is 19.0 Å². The summed E-state index contributed by atoms with van der Waals surface area (Å²) in [6, 6.07) is 1.51. The topological polar surface area (TPSA) is 92.5 Å². The van der Waals surface area contributed by atoms with Gasteiger partial charge in [-0.05, 0) is 6.07 Å². The number of imidazole rings is 1. The molecule has 3 aromatic rings. The Balaban J connectivity index is 1.64. The number of hydrogen-bond donors (Lipinski definition) is 1. The number of fused-ring (bicyclic) bond motifs is 1. The number of piperidine rings is 1. The molecule has 0 amide bonds. The summed E-state index contributed by atoms with van der Waals surface area (Å²) in [5, 5.41) is 0. The summed E-state index contributed by atoms with van der Waals surface area (Å²) in [6.45, 7) is 0.710. The van der Waals surface area contributed by atoms with E-state index in [9.17, 15) is 30.4 Å². The minimum atomic E-state index is -4.52. The zero-order chi connectivity index (χ0) is 24.2. The number of aromatic nitrogens is 4. The lowest BCUT2D eigenvalue weighted by molar-refractivity contribution is -0.134. The fourth-order valence-electron chi connectivity index (χ4n) is 3.69. The Bertz CT molecular complexity index is 1270. The van der Waals surface area contributed by atoms with Crippen LogP contribution in [0.2, 0.25) is 0 Å². The van der Waals surface area contributed by atoms with Crippen molar-refractivity contribution in [3.63, 3.8) is 0 Å². The van der Waals surface area contributed by atoms with Gasteiger partial charge < -0.3 is 4.90 Å². The molecule has 3 aromatic heterocycles. The van der Waals surface area contributed by atoms with Crippen LogP contribution in [0.4, 0.5) is 27.8 Å². The fourth-order valence-corrected chi connectivity index (χ4v) is 5.02. The fraction of sp³-hybridized carbons (Fsp3) is 0.500. The molecule has 0 spiro atoms. The van der Waals surface area contributed by atoms with E-state index in [1.165, 1.54) is 29.8 Å². The minimum absolute atomic E-state index is 0.0443. The third kappa shape index (κ3) is 4.80. The van der Waals surface area contributed by atoms with Crippen molar-refractivity contribution in [3.8, 4) is 11.5 Å². The van der Waals surface area contributed by atoms with E-state index in [2.05, 4.69) is 19.7 Å². The van der Waals surface area contributed by atoms with E-state index in [1.54, 1.807) is 4.90 Å². The number of rotatable bonds is 5. The van der Waals surface area contributed by atoms with Crippen molar-refractivity contribution in [2.75, 3.05) is 30.8 Å². The van der Waals surface area contributed by atoms with Gasteiger partial charge >= 0.3 is 6.18 Å². The second-order valence-electron chi connectivity index (χ2n) is 7.93. The highest BCUT2D eigenvalue weighted by atomic mass is 32.2. The Hall–Kier alpha value is -2.39. The second-order valence-corrected chi connectivity index (χ2v) is 10.8. The van der Waals surface area contributed by atoms with Gasteiger partial charge in [0.05, 0.1) is 18.4 Å². The molecule has 0 radical (unpaired) electrons. The maximum absolute atomic E-state index is 14.7. The van der Waals surface area contributed by atoms with Crippen molar-refractivity contribution in [2.24, 2.45) is 11.8 Å². The Morgan fingerprint density at radius 1 is 1.27 bits per heavy atom. The predicted octanol–water partition coefficient (Wildman–Crippen LogP) is 3.13. The number of nitrogens with zero attached hydrogens (tertiary/aromatic N) is 5. The Kier molecular flexibility index (Phi) is 5.85. The molecule has 1 fully saturated rings. The summed E-state index contributed by atoms with van der Waals surface area (Å²) in [4.78, 5) is 13.4. The number of alkyl halides is 5. The van der Waals surface area contributed by atoms with Gasteiger partial charge in [0.2, 0.25) is 10.0 Å². The predicted molar refractivity (Wildman–Crippen MR) is 112 cm³/mol. The molecule has 0 saturated carbocycles. The van der Waals surface area contributed by atoms with E-state index >= 15 is 0 Å². The second kappa shape index (κ2) is 8.13. The van der Waals surface area contributed by atoms with Crippen LogP contribution in [0.15, 0.2) is 24.7 Å². The van der Waals surface area contributed by atoms with Crippen LogP contribution < -0.4 is 9.62 Å². The Labute approximate surface area is 189 Å². The van der Waals surface area contributed by atoms with Gasteiger partial charge in [0.15, 0.2) is 10.8 Å². The van der Waals surface area contributed by atoms with Crippen molar-refractivity contribution in [1.29, 1.82) is 0 Å².